The molecule has 12 heteroatoms. The summed E-state index contributed by atoms with van der Waals surface area (Å²) in [5.74, 6) is -0.665. The number of sulfonamides is 2. The summed E-state index contributed by atoms with van der Waals surface area (Å²) in [5.41, 5.74) is -0.816. The monoisotopic (exact) mass is 497 g/mol. The Morgan fingerprint density at radius 1 is 0.794 bits per heavy atom. The van der Waals surface area contributed by atoms with Crippen LogP contribution >= 0.6 is 0 Å². The van der Waals surface area contributed by atoms with Gasteiger partial charge in [0, 0.05) is 23.3 Å². The van der Waals surface area contributed by atoms with Crippen LogP contribution in [0.1, 0.15) is 15.9 Å². The number of allylic oxidation sites excluding steroid dienone is 2. The maximum atomic E-state index is 13.0. The second kappa shape index (κ2) is 8.65. The van der Waals surface area contributed by atoms with Crippen molar-refractivity contribution in [3.8, 4) is 0 Å². The molecule has 34 heavy (non-hydrogen) atoms. The van der Waals surface area contributed by atoms with Crippen LogP contribution in [0.15, 0.2) is 105 Å². The molecule has 0 aromatic heterocycles. The van der Waals surface area contributed by atoms with Crippen LogP contribution < -0.4 is 4.72 Å². The van der Waals surface area contributed by atoms with Crippen LogP contribution in [-0.4, -0.2) is 33.3 Å². The number of non-ortho nitro benzene ring substituents is 1. The van der Waals surface area contributed by atoms with Crippen molar-refractivity contribution in [3.63, 3.8) is 0 Å². The molecule has 0 saturated heterocycles. The summed E-state index contributed by atoms with van der Waals surface area (Å²) >= 11 is 0. The van der Waals surface area contributed by atoms with Gasteiger partial charge in [-0.3, -0.25) is 19.6 Å². The number of rotatable bonds is 6. The standard InChI is InChI=1S/C22H15N3O7S2/c26-22-19-12-5-4-11-18(19)20(14-21(22)24-33(29,30)16-8-2-1-3-9-16)23-34(31,32)17-10-6-7-15(13-17)25(27)28/h1-14,24H/b23-20-. The molecular formula is C22H15N3O7S2. The van der Waals surface area contributed by atoms with Gasteiger partial charge in [-0.15, -0.1) is 0 Å². The molecule has 0 heterocycles. The lowest BCUT2D eigenvalue weighted by Crippen LogP contribution is -2.31. The fourth-order valence-electron chi connectivity index (χ4n) is 3.22. The van der Waals surface area contributed by atoms with Crippen molar-refractivity contribution < 1.29 is 26.6 Å². The Labute approximate surface area is 194 Å². The van der Waals surface area contributed by atoms with Gasteiger partial charge in [0.2, 0.25) is 5.78 Å². The number of hydrogen-bond acceptors (Lipinski definition) is 7. The Morgan fingerprint density at radius 3 is 2.09 bits per heavy atom. The summed E-state index contributed by atoms with van der Waals surface area (Å²) in [6, 6.07) is 17.7. The quantitative estimate of drug-likeness (QED) is 0.406. The van der Waals surface area contributed by atoms with Crippen LogP contribution in [0.3, 0.4) is 0 Å². The van der Waals surface area contributed by atoms with Gasteiger partial charge in [0.05, 0.1) is 26.1 Å². The molecule has 3 aromatic carbocycles. The lowest BCUT2D eigenvalue weighted by atomic mass is 9.93. The molecular weight excluding hydrogens is 482 g/mol. The summed E-state index contributed by atoms with van der Waals surface area (Å²) in [7, 11) is -8.59. The number of benzene rings is 3. The summed E-state index contributed by atoms with van der Waals surface area (Å²) < 4.78 is 57.3. The summed E-state index contributed by atoms with van der Waals surface area (Å²) in [6.45, 7) is 0. The van der Waals surface area contributed by atoms with Crippen molar-refractivity contribution in [3.05, 3.63) is 112 Å². The molecule has 1 aliphatic carbocycles. The Morgan fingerprint density at radius 2 is 1.41 bits per heavy atom. The van der Waals surface area contributed by atoms with Gasteiger partial charge in [-0.25, -0.2) is 8.42 Å². The van der Waals surface area contributed by atoms with Crippen molar-refractivity contribution in [2.75, 3.05) is 0 Å². The SMILES string of the molecule is O=C1C(NS(=O)(=O)c2ccccc2)=C/C(=N/S(=O)(=O)c2cccc([N+](=O)[O-])c2)c2ccccc21. The average Bonchev–Trinajstić information content (AvgIpc) is 2.82. The zero-order valence-corrected chi connectivity index (χ0v) is 18.8. The number of nitrogens with zero attached hydrogens (tertiary/aromatic N) is 2. The third-order valence-corrected chi connectivity index (χ3v) is 7.48. The lowest BCUT2D eigenvalue weighted by Gasteiger charge is -2.18. The Hall–Kier alpha value is -4.16. The molecule has 4 rings (SSSR count). The van der Waals surface area contributed by atoms with E-state index in [0.717, 1.165) is 24.3 Å². The number of carbonyl (C=O) groups excluding carboxylic acids is 1. The molecule has 0 aliphatic heterocycles. The third kappa shape index (κ3) is 4.49. The van der Waals surface area contributed by atoms with Gasteiger partial charge in [-0.1, -0.05) is 48.5 Å². The number of ketones is 1. The molecule has 0 bridgehead atoms. The van der Waals surface area contributed by atoms with Crippen LogP contribution in [0.5, 0.6) is 0 Å². The van der Waals surface area contributed by atoms with Gasteiger partial charge in [0.1, 0.15) is 0 Å². The first-order chi connectivity index (χ1) is 16.1. The third-order valence-electron chi connectivity index (χ3n) is 4.82. The van der Waals surface area contributed by atoms with Gasteiger partial charge in [0.25, 0.3) is 25.7 Å². The van der Waals surface area contributed by atoms with E-state index in [2.05, 4.69) is 9.12 Å². The first-order valence-corrected chi connectivity index (χ1v) is 12.5. The molecule has 10 nitrogen and oxygen atoms in total. The van der Waals surface area contributed by atoms with Crippen LogP contribution in [0.25, 0.3) is 0 Å². The smallest absolute Gasteiger partial charge is 0.283 e. The fourth-order valence-corrected chi connectivity index (χ4v) is 5.33. The van der Waals surface area contributed by atoms with E-state index < -0.39 is 47.0 Å². The number of hydrogen-bond donors (Lipinski definition) is 1. The van der Waals surface area contributed by atoms with E-state index in [0.29, 0.717) is 0 Å². The molecule has 172 valence electrons. The zero-order valence-electron chi connectivity index (χ0n) is 17.2. The van der Waals surface area contributed by atoms with Crippen molar-refractivity contribution in [1.29, 1.82) is 0 Å². The van der Waals surface area contributed by atoms with E-state index >= 15 is 0 Å². The first kappa shape index (κ1) is 23.0. The van der Waals surface area contributed by atoms with E-state index in [1.54, 1.807) is 12.1 Å². The van der Waals surface area contributed by atoms with Gasteiger partial charge < -0.3 is 0 Å². The van der Waals surface area contributed by atoms with Crippen LogP contribution in [0, 0.1) is 10.1 Å². The second-order valence-corrected chi connectivity index (χ2v) is 10.3. The van der Waals surface area contributed by atoms with Crippen LogP contribution in [0.4, 0.5) is 5.69 Å². The predicted molar refractivity (Wildman–Crippen MR) is 122 cm³/mol. The number of nitro groups is 1. The summed E-state index contributed by atoms with van der Waals surface area (Å²) in [6.07, 6.45) is 1.03. The van der Waals surface area contributed by atoms with Gasteiger partial charge >= 0.3 is 0 Å². The zero-order chi connectivity index (χ0) is 24.5. The van der Waals surface area contributed by atoms with Gasteiger partial charge in [-0.05, 0) is 24.3 Å². The Bertz CT molecular complexity index is 1590. The van der Waals surface area contributed by atoms with Crippen molar-refractivity contribution in [1.82, 2.24) is 4.72 Å². The number of carbonyl (C=O) groups is 1. The molecule has 0 saturated carbocycles. The molecule has 1 N–H and O–H groups in total. The van der Waals surface area contributed by atoms with Gasteiger partial charge in [-0.2, -0.15) is 12.8 Å². The normalized spacial score (nSPS) is 14.9. The van der Waals surface area contributed by atoms with E-state index in [9.17, 15) is 31.7 Å². The van der Waals surface area contributed by atoms with E-state index in [4.69, 9.17) is 0 Å². The molecule has 0 unspecified atom stereocenters. The van der Waals surface area contributed by atoms with E-state index in [1.807, 2.05) is 0 Å². The Balaban J connectivity index is 1.82. The molecule has 1 aliphatic rings. The molecule has 0 atom stereocenters. The molecule has 0 radical (unpaired) electrons. The number of nitrogens with one attached hydrogen (secondary N) is 1. The van der Waals surface area contributed by atoms with E-state index in [-0.39, 0.29) is 21.7 Å². The minimum absolute atomic E-state index is 0.0451. The lowest BCUT2D eigenvalue weighted by molar-refractivity contribution is -0.385. The van der Waals surface area contributed by atoms with Crippen LogP contribution in [0.2, 0.25) is 0 Å². The minimum atomic E-state index is -4.44. The molecule has 3 aromatic rings. The average molecular weight is 498 g/mol. The number of Topliss-reactive ketones (excluding diaryl/α,β-unsaturated/α-hetero) is 1. The highest BCUT2D eigenvalue weighted by molar-refractivity contribution is 7.90. The van der Waals surface area contributed by atoms with E-state index in [1.165, 1.54) is 48.5 Å². The second-order valence-electron chi connectivity index (χ2n) is 7.06. The topological polar surface area (TPSA) is 153 Å². The maximum absolute atomic E-state index is 13.0. The maximum Gasteiger partial charge on any atom is 0.283 e. The number of fused-ring (bicyclic) bond motifs is 1. The Kier molecular flexibility index (Phi) is 5.85. The fraction of sp³-hybridized carbons (Fsp3) is 0. The summed E-state index contributed by atoms with van der Waals surface area (Å²) in [5, 5.41) is 11.0. The minimum Gasteiger partial charge on any atom is -0.287 e. The highest BCUT2D eigenvalue weighted by atomic mass is 32.2. The van der Waals surface area contributed by atoms with Crippen molar-refractivity contribution in [2.24, 2.45) is 4.40 Å². The van der Waals surface area contributed by atoms with Crippen molar-refractivity contribution in [2.45, 2.75) is 9.79 Å². The van der Waals surface area contributed by atoms with Crippen LogP contribution in [-0.2, 0) is 20.0 Å². The van der Waals surface area contributed by atoms with Crippen molar-refractivity contribution >= 4 is 37.2 Å². The molecule has 0 fully saturated rings. The molecule has 0 amide bonds. The number of nitro benzene ring substituents is 1. The molecule has 0 spiro atoms. The predicted octanol–water partition coefficient (Wildman–Crippen LogP) is 2.83. The largest absolute Gasteiger partial charge is 0.287 e. The first-order valence-electron chi connectivity index (χ1n) is 9.61. The van der Waals surface area contributed by atoms with Gasteiger partial charge in [0.15, 0.2) is 0 Å². The highest BCUT2D eigenvalue weighted by Crippen LogP contribution is 2.25. The summed E-state index contributed by atoms with van der Waals surface area (Å²) in [4.78, 5) is 22.7. The highest BCUT2D eigenvalue weighted by Gasteiger charge is 2.29.